The number of guanidine groups is 1. The van der Waals surface area contributed by atoms with E-state index in [1.807, 2.05) is 17.8 Å². The molecule has 94 valence electrons. The Morgan fingerprint density at radius 3 is 3.17 bits per heavy atom. The van der Waals surface area contributed by atoms with Crippen LogP contribution in [0, 0.1) is 0 Å². The lowest BCUT2D eigenvalue weighted by molar-refractivity contribution is 0.206. The van der Waals surface area contributed by atoms with E-state index in [1.54, 1.807) is 0 Å². The highest BCUT2D eigenvalue weighted by atomic mass is 32.2. The van der Waals surface area contributed by atoms with E-state index in [1.165, 1.54) is 10.5 Å². The Bertz CT molecular complexity index is 512. The van der Waals surface area contributed by atoms with Gasteiger partial charge in [-0.1, -0.05) is 24.3 Å². The summed E-state index contributed by atoms with van der Waals surface area (Å²) < 4.78 is 0. The SMILES string of the molecule is C=CCN1C(N)=NCC12CCSc1ccccc12. The third kappa shape index (κ3) is 1.56. The number of nitrogens with zero attached hydrogens (tertiary/aromatic N) is 2. The molecule has 2 N–H and O–H groups in total. The standard InChI is InChI=1S/C14H17N3S/c1-2-8-17-13(15)16-10-14(17)7-9-18-12-6-4-3-5-11(12)14/h2-6H,1,7-10H2,(H2,15,16). The molecule has 3 nitrogen and oxygen atoms in total. The lowest BCUT2D eigenvalue weighted by Gasteiger charge is -2.42. The van der Waals surface area contributed by atoms with Crippen LogP contribution in [0.2, 0.25) is 0 Å². The number of fused-ring (bicyclic) bond motifs is 2. The van der Waals surface area contributed by atoms with Crippen LogP contribution in [-0.2, 0) is 5.54 Å². The zero-order valence-corrected chi connectivity index (χ0v) is 11.1. The Morgan fingerprint density at radius 1 is 1.50 bits per heavy atom. The van der Waals surface area contributed by atoms with Crippen molar-refractivity contribution in [2.24, 2.45) is 10.7 Å². The molecule has 0 saturated carbocycles. The molecular weight excluding hydrogens is 242 g/mol. The van der Waals surface area contributed by atoms with Gasteiger partial charge in [-0.2, -0.15) is 0 Å². The first kappa shape index (κ1) is 11.7. The fourth-order valence-corrected chi connectivity index (χ4v) is 4.13. The van der Waals surface area contributed by atoms with Crippen LogP contribution in [-0.4, -0.2) is 29.7 Å². The number of thioether (sulfide) groups is 1. The predicted molar refractivity (Wildman–Crippen MR) is 76.9 cm³/mol. The van der Waals surface area contributed by atoms with Crippen molar-refractivity contribution < 1.29 is 0 Å². The molecule has 4 heteroatoms. The molecule has 0 aliphatic carbocycles. The quantitative estimate of drug-likeness (QED) is 0.828. The molecular formula is C14H17N3S. The van der Waals surface area contributed by atoms with Crippen molar-refractivity contribution in [2.75, 3.05) is 18.8 Å². The topological polar surface area (TPSA) is 41.6 Å². The molecule has 0 amide bonds. The minimum Gasteiger partial charge on any atom is -0.370 e. The second-order valence-electron chi connectivity index (χ2n) is 4.70. The number of rotatable bonds is 2. The molecule has 0 radical (unpaired) electrons. The smallest absolute Gasteiger partial charge is 0.192 e. The highest BCUT2D eigenvalue weighted by molar-refractivity contribution is 7.99. The van der Waals surface area contributed by atoms with Gasteiger partial charge in [0.05, 0.1) is 12.1 Å². The first-order valence-corrected chi connectivity index (χ1v) is 7.17. The lowest BCUT2D eigenvalue weighted by atomic mass is 9.85. The zero-order valence-electron chi connectivity index (χ0n) is 10.3. The van der Waals surface area contributed by atoms with Crippen molar-refractivity contribution in [3.63, 3.8) is 0 Å². The third-order valence-corrected chi connectivity index (χ3v) is 4.84. The fraction of sp³-hybridized carbons (Fsp3) is 0.357. The average Bonchev–Trinajstić information content (AvgIpc) is 2.70. The van der Waals surface area contributed by atoms with Crippen LogP contribution in [0.3, 0.4) is 0 Å². The molecule has 0 saturated heterocycles. The molecule has 1 spiro atoms. The summed E-state index contributed by atoms with van der Waals surface area (Å²) in [4.78, 5) is 8.05. The molecule has 2 aliphatic heterocycles. The molecule has 2 heterocycles. The molecule has 0 aromatic heterocycles. The van der Waals surface area contributed by atoms with Gasteiger partial charge in [0.15, 0.2) is 5.96 Å². The Hall–Kier alpha value is -1.42. The van der Waals surface area contributed by atoms with Crippen molar-refractivity contribution >= 4 is 17.7 Å². The van der Waals surface area contributed by atoms with E-state index in [9.17, 15) is 0 Å². The molecule has 18 heavy (non-hydrogen) atoms. The number of nitrogens with two attached hydrogens (primary N) is 1. The van der Waals surface area contributed by atoms with Gasteiger partial charge in [0.2, 0.25) is 0 Å². The largest absolute Gasteiger partial charge is 0.370 e. The van der Waals surface area contributed by atoms with E-state index in [4.69, 9.17) is 5.73 Å². The summed E-state index contributed by atoms with van der Waals surface area (Å²) in [6.07, 6.45) is 2.99. The van der Waals surface area contributed by atoms with Crippen LogP contribution in [0.4, 0.5) is 0 Å². The van der Waals surface area contributed by atoms with E-state index in [2.05, 4.69) is 40.7 Å². The summed E-state index contributed by atoms with van der Waals surface area (Å²) in [5.41, 5.74) is 7.38. The van der Waals surface area contributed by atoms with Crippen LogP contribution in [0.25, 0.3) is 0 Å². The van der Waals surface area contributed by atoms with Crippen molar-refractivity contribution in [3.05, 3.63) is 42.5 Å². The second-order valence-corrected chi connectivity index (χ2v) is 5.84. The summed E-state index contributed by atoms with van der Waals surface area (Å²) in [6.45, 7) is 5.36. The lowest BCUT2D eigenvalue weighted by Crippen LogP contribution is -2.50. The van der Waals surface area contributed by atoms with E-state index in [0.29, 0.717) is 5.96 Å². The summed E-state index contributed by atoms with van der Waals surface area (Å²) in [6, 6.07) is 8.61. The zero-order chi connectivity index (χ0) is 12.6. The van der Waals surface area contributed by atoms with Gasteiger partial charge >= 0.3 is 0 Å². The molecule has 2 aliphatic rings. The van der Waals surface area contributed by atoms with Gasteiger partial charge in [-0.05, 0) is 18.1 Å². The molecule has 3 rings (SSSR count). The van der Waals surface area contributed by atoms with Gasteiger partial charge in [0, 0.05) is 17.2 Å². The normalized spacial score (nSPS) is 26.0. The van der Waals surface area contributed by atoms with Gasteiger partial charge in [0.1, 0.15) is 0 Å². The number of hydrogen-bond donors (Lipinski definition) is 1. The minimum atomic E-state index is -0.0416. The van der Waals surface area contributed by atoms with Gasteiger partial charge in [-0.25, -0.2) is 0 Å². The maximum Gasteiger partial charge on any atom is 0.192 e. The Labute approximate surface area is 112 Å². The molecule has 1 aromatic carbocycles. The van der Waals surface area contributed by atoms with Crippen LogP contribution < -0.4 is 5.73 Å². The van der Waals surface area contributed by atoms with Crippen molar-refractivity contribution in [3.8, 4) is 0 Å². The summed E-state index contributed by atoms with van der Waals surface area (Å²) in [5.74, 6) is 1.77. The average molecular weight is 259 g/mol. The van der Waals surface area contributed by atoms with Crippen LogP contribution >= 0.6 is 11.8 Å². The van der Waals surface area contributed by atoms with Crippen LogP contribution in [0.1, 0.15) is 12.0 Å². The van der Waals surface area contributed by atoms with Gasteiger partial charge in [-0.15, -0.1) is 18.3 Å². The second kappa shape index (κ2) is 4.35. The van der Waals surface area contributed by atoms with Gasteiger partial charge < -0.3 is 10.6 Å². The van der Waals surface area contributed by atoms with Crippen LogP contribution in [0.5, 0.6) is 0 Å². The van der Waals surface area contributed by atoms with E-state index >= 15 is 0 Å². The highest BCUT2D eigenvalue weighted by Gasteiger charge is 2.45. The Balaban J connectivity index is 2.09. The summed E-state index contributed by atoms with van der Waals surface area (Å²) in [5, 5.41) is 0. The van der Waals surface area contributed by atoms with E-state index in [0.717, 1.165) is 25.3 Å². The summed E-state index contributed by atoms with van der Waals surface area (Å²) in [7, 11) is 0. The maximum atomic E-state index is 6.05. The van der Waals surface area contributed by atoms with Crippen LogP contribution in [0.15, 0.2) is 46.8 Å². The molecule has 1 atom stereocenters. The molecule has 0 bridgehead atoms. The maximum absolute atomic E-state index is 6.05. The van der Waals surface area contributed by atoms with Gasteiger partial charge in [-0.3, -0.25) is 4.99 Å². The number of hydrogen-bond acceptors (Lipinski definition) is 4. The Morgan fingerprint density at radius 2 is 2.33 bits per heavy atom. The molecule has 0 fully saturated rings. The highest BCUT2D eigenvalue weighted by Crippen LogP contribution is 2.45. The number of aliphatic imine (C=N–C) groups is 1. The van der Waals surface area contributed by atoms with Gasteiger partial charge in [0.25, 0.3) is 0 Å². The molecule has 1 unspecified atom stereocenters. The van der Waals surface area contributed by atoms with Crippen molar-refractivity contribution in [2.45, 2.75) is 16.9 Å². The Kier molecular flexibility index (Phi) is 2.82. The fourth-order valence-electron chi connectivity index (χ4n) is 2.89. The minimum absolute atomic E-state index is 0.0416. The first-order chi connectivity index (χ1) is 8.78. The monoisotopic (exact) mass is 259 g/mol. The first-order valence-electron chi connectivity index (χ1n) is 6.19. The summed E-state index contributed by atoms with van der Waals surface area (Å²) >= 11 is 1.93. The number of benzene rings is 1. The van der Waals surface area contributed by atoms with Crippen molar-refractivity contribution in [1.29, 1.82) is 0 Å². The van der Waals surface area contributed by atoms with E-state index in [-0.39, 0.29) is 5.54 Å². The van der Waals surface area contributed by atoms with E-state index < -0.39 is 0 Å². The third-order valence-electron chi connectivity index (χ3n) is 3.77. The predicted octanol–water partition coefficient (Wildman–Crippen LogP) is 2.19. The van der Waals surface area contributed by atoms with Crippen molar-refractivity contribution in [1.82, 2.24) is 4.90 Å². The molecule has 1 aromatic rings.